The summed E-state index contributed by atoms with van der Waals surface area (Å²) in [6.45, 7) is -0.370. The zero-order valence-corrected chi connectivity index (χ0v) is 21.3. The second kappa shape index (κ2) is 10.3. The molecule has 1 atom stereocenters. The molecular formula is C26H24F7N5O3. The molecule has 0 spiro atoms. The number of aromatic nitrogens is 3. The molecule has 1 fully saturated rings. The SMILES string of the molecule is Nc1cc(C(F)(F)F)c2nc1-c1nnc(o1)[C@@](O)(C(F)(F)F)CCCCCN(Cc1ccc(F)c(C3CC3)c1)C2=O. The normalized spacial score (nSPS) is 20.7. The number of nitrogens with zero attached hydrogens (tertiary/aromatic N) is 4. The number of anilines is 1. The fourth-order valence-electron chi connectivity index (χ4n) is 4.82. The number of aliphatic hydroxyl groups is 1. The molecule has 2 aromatic heterocycles. The summed E-state index contributed by atoms with van der Waals surface area (Å²) in [7, 11) is 0. The van der Waals surface area contributed by atoms with Crippen LogP contribution in [0, 0.1) is 5.82 Å². The Hall–Kier alpha value is -3.75. The zero-order chi connectivity index (χ0) is 29.7. The third-order valence-electron chi connectivity index (χ3n) is 7.22. The summed E-state index contributed by atoms with van der Waals surface area (Å²) >= 11 is 0. The minimum atomic E-state index is -5.22. The standard InChI is InChI=1S/C26H24F7N5O3/c27-17-7-4-13(10-15(17)14-5-6-14)12-38-9-3-1-2-8-24(40,26(31,32)33)23-37-36-21(41-23)20-18(34)11-16(25(28,29)30)19(35-20)22(38)39/h4,7,10-11,14,40H,1-3,5-6,8-9,12,34H2/t24-/m1/s1. The number of carbonyl (C=O) groups is 1. The first-order valence-corrected chi connectivity index (χ1v) is 12.8. The summed E-state index contributed by atoms with van der Waals surface area (Å²) in [6.07, 6.45) is -9.63. The van der Waals surface area contributed by atoms with Crippen LogP contribution in [0.1, 0.15) is 77.5 Å². The van der Waals surface area contributed by atoms with Gasteiger partial charge >= 0.3 is 12.4 Å². The van der Waals surface area contributed by atoms with Gasteiger partial charge in [-0.1, -0.05) is 18.6 Å². The van der Waals surface area contributed by atoms with Crippen molar-refractivity contribution in [1.82, 2.24) is 20.1 Å². The fourth-order valence-corrected chi connectivity index (χ4v) is 4.82. The number of fused-ring (bicyclic) bond motifs is 5. The fraction of sp³-hybridized carbons (Fsp3) is 0.462. The number of nitrogen functional groups attached to an aromatic ring is 1. The van der Waals surface area contributed by atoms with Crippen molar-refractivity contribution in [3.8, 4) is 11.6 Å². The van der Waals surface area contributed by atoms with Gasteiger partial charge in [0.05, 0.1) is 11.3 Å². The van der Waals surface area contributed by atoms with Crippen LogP contribution >= 0.6 is 0 Å². The second-order valence-corrected chi connectivity index (χ2v) is 10.3. The first kappa shape index (κ1) is 28.8. The van der Waals surface area contributed by atoms with Crippen LogP contribution in [0.4, 0.5) is 36.4 Å². The van der Waals surface area contributed by atoms with E-state index in [2.05, 4.69) is 15.2 Å². The number of benzene rings is 1. The van der Waals surface area contributed by atoms with Gasteiger partial charge in [0.15, 0.2) is 5.69 Å². The Bertz CT molecular complexity index is 1470. The molecule has 0 saturated heterocycles. The van der Waals surface area contributed by atoms with Crippen molar-refractivity contribution >= 4 is 11.6 Å². The number of nitrogens with two attached hydrogens (primary N) is 1. The van der Waals surface area contributed by atoms with Gasteiger partial charge in [-0.2, -0.15) is 26.3 Å². The van der Waals surface area contributed by atoms with Crippen LogP contribution in [0.15, 0.2) is 28.7 Å². The molecule has 15 heteroatoms. The maximum absolute atomic E-state index is 14.3. The van der Waals surface area contributed by atoms with Crippen molar-refractivity contribution in [2.24, 2.45) is 0 Å². The van der Waals surface area contributed by atoms with Crippen LogP contribution in [-0.4, -0.2) is 43.8 Å². The van der Waals surface area contributed by atoms with E-state index in [9.17, 15) is 40.6 Å². The highest BCUT2D eigenvalue weighted by Gasteiger charge is 2.58. The zero-order valence-electron chi connectivity index (χ0n) is 21.3. The summed E-state index contributed by atoms with van der Waals surface area (Å²) in [5.41, 5.74) is -0.760. The van der Waals surface area contributed by atoms with Gasteiger partial charge in [0.25, 0.3) is 17.7 Å². The second-order valence-electron chi connectivity index (χ2n) is 10.3. The maximum Gasteiger partial charge on any atom is 0.426 e. The summed E-state index contributed by atoms with van der Waals surface area (Å²) in [6, 6.07) is 4.61. The van der Waals surface area contributed by atoms with Crippen molar-refractivity contribution in [3.05, 3.63) is 58.4 Å². The summed E-state index contributed by atoms with van der Waals surface area (Å²) in [5, 5.41) is 17.3. The molecule has 41 heavy (non-hydrogen) atoms. The molecule has 1 saturated carbocycles. The molecule has 3 N–H and O–H groups in total. The summed E-state index contributed by atoms with van der Waals surface area (Å²) in [5.74, 6) is -3.56. The highest BCUT2D eigenvalue weighted by molar-refractivity contribution is 5.95. The molecule has 1 amide bonds. The molecule has 1 aliphatic carbocycles. The van der Waals surface area contributed by atoms with Crippen LogP contribution in [0.25, 0.3) is 11.6 Å². The Labute approximate surface area is 228 Å². The maximum atomic E-state index is 14.3. The topological polar surface area (TPSA) is 118 Å². The van der Waals surface area contributed by atoms with Crippen molar-refractivity contribution in [3.63, 3.8) is 0 Å². The lowest BCUT2D eigenvalue weighted by Gasteiger charge is -2.28. The minimum Gasteiger partial charge on any atom is -0.416 e. The summed E-state index contributed by atoms with van der Waals surface area (Å²) in [4.78, 5) is 18.5. The van der Waals surface area contributed by atoms with Gasteiger partial charge < -0.3 is 20.2 Å². The Kier molecular flexibility index (Phi) is 7.20. The molecular weight excluding hydrogens is 563 g/mol. The molecule has 3 aromatic rings. The first-order chi connectivity index (χ1) is 19.2. The number of halogens is 7. The highest BCUT2D eigenvalue weighted by atomic mass is 19.4. The van der Waals surface area contributed by atoms with Gasteiger partial charge in [-0.3, -0.25) is 4.79 Å². The van der Waals surface area contributed by atoms with E-state index in [-0.39, 0.29) is 38.3 Å². The molecule has 3 heterocycles. The minimum absolute atomic E-state index is 0.0227. The third-order valence-corrected chi connectivity index (χ3v) is 7.22. The Morgan fingerprint density at radius 1 is 1.05 bits per heavy atom. The number of amides is 1. The highest BCUT2D eigenvalue weighted by Crippen LogP contribution is 2.44. The molecule has 4 bridgehead atoms. The Morgan fingerprint density at radius 3 is 2.44 bits per heavy atom. The molecule has 2 aliphatic rings. The predicted octanol–water partition coefficient (Wildman–Crippen LogP) is 5.72. The lowest BCUT2D eigenvalue weighted by molar-refractivity contribution is -0.277. The lowest BCUT2D eigenvalue weighted by atomic mass is 9.95. The molecule has 8 nitrogen and oxygen atoms in total. The average molecular weight is 587 g/mol. The first-order valence-electron chi connectivity index (χ1n) is 12.8. The van der Waals surface area contributed by atoms with Crippen LogP contribution < -0.4 is 5.73 Å². The number of pyridine rings is 1. The van der Waals surface area contributed by atoms with Crippen LogP contribution in [0.5, 0.6) is 0 Å². The van der Waals surface area contributed by atoms with E-state index in [1.54, 1.807) is 6.07 Å². The molecule has 0 radical (unpaired) electrons. The van der Waals surface area contributed by atoms with E-state index >= 15 is 0 Å². The van der Waals surface area contributed by atoms with Crippen molar-refractivity contribution < 1.29 is 45.1 Å². The van der Waals surface area contributed by atoms with Gasteiger partial charge in [0.1, 0.15) is 11.5 Å². The van der Waals surface area contributed by atoms with Gasteiger partial charge in [-0.05, 0) is 61.3 Å². The smallest absolute Gasteiger partial charge is 0.416 e. The number of carbonyl (C=O) groups excluding carboxylic acids is 1. The quantitative estimate of drug-likeness (QED) is 0.377. The number of rotatable bonds is 3. The van der Waals surface area contributed by atoms with E-state index in [1.807, 2.05) is 0 Å². The van der Waals surface area contributed by atoms with Gasteiger partial charge in [0, 0.05) is 13.1 Å². The van der Waals surface area contributed by atoms with Crippen LogP contribution in [0.2, 0.25) is 0 Å². The average Bonchev–Trinajstić information content (AvgIpc) is 3.62. The third kappa shape index (κ3) is 5.59. The van der Waals surface area contributed by atoms with Gasteiger partial charge in [-0.25, -0.2) is 9.37 Å². The largest absolute Gasteiger partial charge is 0.426 e. The van der Waals surface area contributed by atoms with Crippen LogP contribution in [0.3, 0.4) is 0 Å². The van der Waals surface area contributed by atoms with E-state index in [1.165, 1.54) is 12.1 Å². The van der Waals surface area contributed by atoms with E-state index in [0.717, 1.165) is 17.7 Å². The van der Waals surface area contributed by atoms with Crippen molar-refractivity contribution in [2.45, 2.75) is 68.9 Å². The van der Waals surface area contributed by atoms with Gasteiger partial charge in [-0.15, -0.1) is 10.2 Å². The number of alkyl halides is 6. The monoisotopic (exact) mass is 587 g/mol. The molecule has 0 unspecified atom stereocenters. The molecule has 5 rings (SSSR count). The Morgan fingerprint density at radius 2 is 1.78 bits per heavy atom. The van der Waals surface area contributed by atoms with E-state index in [0.29, 0.717) is 17.2 Å². The number of hydrogen-bond donors (Lipinski definition) is 2. The van der Waals surface area contributed by atoms with E-state index in [4.69, 9.17) is 10.2 Å². The van der Waals surface area contributed by atoms with E-state index < -0.39 is 70.5 Å². The van der Waals surface area contributed by atoms with Crippen molar-refractivity contribution in [1.29, 1.82) is 0 Å². The van der Waals surface area contributed by atoms with Crippen molar-refractivity contribution in [2.75, 3.05) is 12.3 Å². The predicted molar refractivity (Wildman–Crippen MR) is 128 cm³/mol. The van der Waals surface area contributed by atoms with Crippen LogP contribution in [-0.2, 0) is 18.3 Å². The number of hydrogen-bond acceptors (Lipinski definition) is 7. The summed E-state index contributed by atoms with van der Waals surface area (Å²) < 4.78 is 103. The molecule has 1 aliphatic heterocycles. The molecule has 1 aromatic carbocycles. The Balaban J connectivity index is 1.61. The lowest BCUT2D eigenvalue weighted by Crippen LogP contribution is -2.42. The molecule has 220 valence electrons. The van der Waals surface area contributed by atoms with Gasteiger partial charge in [0.2, 0.25) is 5.60 Å².